The largest absolute Gasteiger partial charge is 0.470 e. The summed E-state index contributed by atoms with van der Waals surface area (Å²) < 4.78 is 62.6. The molecular formula is C11H25O19P3. The van der Waals surface area contributed by atoms with Crippen molar-refractivity contribution in [1.82, 2.24) is 0 Å². The molecule has 1 rings (SSSR count). The van der Waals surface area contributed by atoms with Crippen molar-refractivity contribution < 1.29 is 91.1 Å². The predicted molar refractivity (Wildman–Crippen MR) is 98.2 cm³/mol. The lowest BCUT2D eigenvalue weighted by Crippen LogP contribution is -2.66. The van der Waals surface area contributed by atoms with Gasteiger partial charge < -0.3 is 43.6 Å². The fourth-order valence-electron chi connectivity index (χ4n) is 2.87. The highest BCUT2D eigenvalue weighted by Crippen LogP contribution is 2.50. The van der Waals surface area contributed by atoms with Gasteiger partial charge in [0.1, 0.15) is 24.4 Å². The molecule has 1 aliphatic carbocycles. The smallest absolute Gasteiger partial charge is 0.382 e. The van der Waals surface area contributed by atoms with Gasteiger partial charge in [-0.25, -0.2) is 23.5 Å². The number of rotatable bonds is 15. The Morgan fingerprint density at radius 1 is 0.576 bits per heavy atom. The third-order valence-electron chi connectivity index (χ3n) is 3.93. The number of hydrogen-bond acceptors (Lipinski definition) is 13. The number of ether oxygens (including phenoxy) is 3. The van der Waals surface area contributed by atoms with Crippen molar-refractivity contribution in [3.63, 3.8) is 0 Å². The second kappa shape index (κ2) is 13.4. The Morgan fingerprint density at radius 2 is 0.939 bits per heavy atom. The van der Waals surface area contributed by atoms with Gasteiger partial charge in [-0.15, -0.1) is 0 Å². The molecule has 0 radical (unpaired) electrons. The van der Waals surface area contributed by atoms with E-state index >= 15 is 0 Å². The minimum atomic E-state index is -5.54. The third kappa shape index (κ3) is 11.1. The van der Waals surface area contributed by atoms with E-state index in [1.54, 1.807) is 0 Å². The summed E-state index contributed by atoms with van der Waals surface area (Å²) in [5, 5.41) is 18.5. The van der Waals surface area contributed by atoms with Crippen LogP contribution in [0, 0.1) is 0 Å². The molecule has 8 N–H and O–H groups in total. The molecule has 0 saturated heterocycles. The Morgan fingerprint density at radius 3 is 1.33 bits per heavy atom. The van der Waals surface area contributed by atoms with Crippen LogP contribution in [0.5, 0.6) is 0 Å². The van der Waals surface area contributed by atoms with Gasteiger partial charge in [0.25, 0.3) is 0 Å². The molecule has 1 aliphatic rings. The van der Waals surface area contributed by atoms with Gasteiger partial charge in [-0.3, -0.25) is 24.1 Å². The average Bonchev–Trinajstić information content (AvgIpc) is 2.64. The summed E-state index contributed by atoms with van der Waals surface area (Å²) in [5.41, 5.74) is 0. The standard InChI is InChI=1S/C11H25O19P3/c1-23-2-3-24-4-5-25-6-7(26-12)10(29-32(17,18)19)8(27-13)11(30-33(20,21)22)9(6)28-31(14,15)16/h6-13H,2-5H2,1H3,(H2,14,15,16)(H2,17,18,19)(H2,20,21,22)/t6?,7?,8-,9+,10-,11?/m0/s1. The van der Waals surface area contributed by atoms with Crippen molar-refractivity contribution in [1.29, 1.82) is 0 Å². The average molecular weight is 554 g/mol. The highest BCUT2D eigenvalue weighted by molar-refractivity contribution is 7.46. The SMILES string of the molecule is COCCOCCOC1C(OO)[C@H](OP(=O)(O)O)[C@H](OO)C(OP(=O)(O)O)[C@@H]1OP(=O)(O)O. The van der Waals surface area contributed by atoms with Crippen molar-refractivity contribution in [3.05, 3.63) is 0 Å². The van der Waals surface area contributed by atoms with E-state index in [9.17, 15) is 43.8 Å². The Labute approximate surface area is 185 Å². The molecule has 1 fully saturated rings. The zero-order chi connectivity index (χ0) is 25.4. The van der Waals surface area contributed by atoms with E-state index in [4.69, 9.17) is 24.0 Å². The fraction of sp³-hybridized carbons (Fsp3) is 1.00. The summed E-state index contributed by atoms with van der Waals surface area (Å²) in [6.07, 6.45) is -13.4. The Hall–Kier alpha value is 0.0500. The van der Waals surface area contributed by atoms with Crippen LogP contribution in [0.4, 0.5) is 0 Å². The molecular weight excluding hydrogens is 529 g/mol. The lowest BCUT2D eigenvalue weighted by atomic mass is 9.84. The molecule has 198 valence electrons. The van der Waals surface area contributed by atoms with Crippen molar-refractivity contribution >= 4 is 23.5 Å². The molecule has 19 nitrogen and oxygen atoms in total. The Bertz CT molecular complexity index is 716. The van der Waals surface area contributed by atoms with Crippen LogP contribution in [-0.4, -0.2) is 110 Å². The number of hydrogen-bond donors (Lipinski definition) is 8. The van der Waals surface area contributed by atoms with E-state index in [1.165, 1.54) is 7.11 Å². The fourth-order valence-corrected chi connectivity index (χ4v) is 4.55. The van der Waals surface area contributed by atoms with Gasteiger partial charge >= 0.3 is 23.5 Å². The van der Waals surface area contributed by atoms with Gasteiger partial charge in [0.05, 0.1) is 26.4 Å². The molecule has 33 heavy (non-hydrogen) atoms. The summed E-state index contributed by atoms with van der Waals surface area (Å²) in [4.78, 5) is 63.1. The first-order valence-electron chi connectivity index (χ1n) is 8.64. The number of phosphoric ester groups is 3. The maximum absolute atomic E-state index is 11.5. The van der Waals surface area contributed by atoms with Crippen molar-refractivity contribution in [2.75, 3.05) is 33.5 Å². The van der Waals surface area contributed by atoms with Gasteiger partial charge in [-0.05, 0) is 0 Å². The van der Waals surface area contributed by atoms with Crippen LogP contribution in [0.15, 0.2) is 0 Å². The predicted octanol–water partition coefficient (Wildman–Crippen LogP) is -1.80. The lowest BCUT2D eigenvalue weighted by molar-refractivity contribution is -0.385. The molecule has 0 aromatic rings. The molecule has 6 atom stereocenters. The quantitative estimate of drug-likeness (QED) is 0.0479. The van der Waals surface area contributed by atoms with Gasteiger partial charge in [0.15, 0.2) is 12.2 Å². The highest BCUT2D eigenvalue weighted by Gasteiger charge is 2.60. The van der Waals surface area contributed by atoms with Gasteiger partial charge in [-0.2, -0.15) is 0 Å². The maximum atomic E-state index is 11.5. The molecule has 0 spiro atoms. The molecule has 0 bridgehead atoms. The van der Waals surface area contributed by atoms with Gasteiger partial charge in [-0.1, -0.05) is 0 Å². The van der Waals surface area contributed by atoms with Crippen LogP contribution in [-0.2, 0) is 51.3 Å². The first-order chi connectivity index (χ1) is 15.1. The summed E-state index contributed by atoms with van der Waals surface area (Å²) in [5.74, 6) is 0. The first-order valence-corrected chi connectivity index (χ1v) is 13.2. The van der Waals surface area contributed by atoms with Crippen LogP contribution < -0.4 is 0 Å². The molecule has 0 aliphatic heterocycles. The molecule has 0 heterocycles. The monoisotopic (exact) mass is 554 g/mol. The minimum absolute atomic E-state index is 0.0984. The van der Waals surface area contributed by atoms with Crippen LogP contribution in [0.25, 0.3) is 0 Å². The first kappa shape index (κ1) is 31.1. The third-order valence-corrected chi connectivity index (χ3v) is 5.49. The van der Waals surface area contributed by atoms with E-state index < -0.39 is 66.7 Å². The van der Waals surface area contributed by atoms with E-state index in [1.807, 2.05) is 0 Å². The molecule has 1 saturated carbocycles. The zero-order valence-corrected chi connectivity index (χ0v) is 19.4. The van der Waals surface area contributed by atoms with Gasteiger partial charge in [0.2, 0.25) is 0 Å². The minimum Gasteiger partial charge on any atom is -0.382 e. The van der Waals surface area contributed by atoms with E-state index in [2.05, 4.69) is 23.3 Å². The lowest BCUT2D eigenvalue weighted by Gasteiger charge is -2.46. The van der Waals surface area contributed by atoms with Crippen LogP contribution in [0.3, 0.4) is 0 Å². The summed E-state index contributed by atoms with van der Waals surface area (Å²) >= 11 is 0. The van der Waals surface area contributed by atoms with Crippen molar-refractivity contribution in [2.24, 2.45) is 0 Å². The van der Waals surface area contributed by atoms with Crippen LogP contribution in [0.2, 0.25) is 0 Å². The molecule has 0 aromatic heterocycles. The van der Waals surface area contributed by atoms with Gasteiger partial charge in [0, 0.05) is 7.11 Å². The maximum Gasteiger partial charge on any atom is 0.470 e. The second-order valence-corrected chi connectivity index (χ2v) is 9.84. The summed E-state index contributed by atoms with van der Waals surface area (Å²) in [6, 6.07) is 0. The molecule has 22 heteroatoms. The summed E-state index contributed by atoms with van der Waals surface area (Å²) in [6.45, 7) is -0.345. The Kier molecular flexibility index (Phi) is 12.6. The van der Waals surface area contributed by atoms with Crippen LogP contribution >= 0.6 is 23.5 Å². The topological polar surface area (TPSA) is 287 Å². The van der Waals surface area contributed by atoms with E-state index in [0.29, 0.717) is 0 Å². The van der Waals surface area contributed by atoms with Crippen molar-refractivity contribution in [3.8, 4) is 0 Å². The zero-order valence-electron chi connectivity index (χ0n) is 16.7. The Balaban J connectivity index is 3.37. The summed E-state index contributed by atoms with van der Waals surface area (Å²) in [7, 11) is -15.1. The second-order valence-electron chi connectivity index (χ2n) is 6.26. The molecule has 3 unspecified atom stereocenters. The number of methoxy groups -OCH3 is 1. The normalized spacial score (nSPS) is 29.4. The number of phosphoric acid groups is 3. The molecule has 0 aromatic carbocycles. The van der Waals surface area contributed by atoms with Crippen LogP contribution in [0.1, 0.15) is 0 Å². The van der Waals surface area contributed by atoms with E-state index in [-0.39, 0.29) is 19.8 Å². The van der Waals surface area contributed by atoms with Crippen molar-refractivity contribution in [2.45, 2.75) is 36.6 Å². The molecule has 0 amide bonds. The highest BCUT2D eigenvalue weighted by atomic mass is 31.2. The van der Waals surface area contributed by atoms with E-state index in [0.717, 1.165) is 0 Å².